The Bertz CT molecular complexity index is 310. The van der Waals surface area contributed by atoms with E-state index < -0.39 is 14.6 Å². The Kier molecular flexibility index (Phi) is 8.11. The van der Waals surface area contributed by atoms with Crippen LogP contribution in [0.5, 0.6) is 0 Å². The summed E-state index contributed by atoms with van der Waals surface area (Å²) in [6.45, 7) is 5.68. The van der Waals surface area contributed by atoms with Gasteiger partial charge in [-0.05, 0) is 20.3 Å². The summed E-state index contributed by atoms with van der Waals surface area (Å²) in [5, 5.41) is 0. The molecule has 0 aromatic heterocycles. The van der Waals surface area contributed by atoms with Gasteiger partial charge < -0.3 is 5.73 Å². The first-order chi connectivity index (χ1) is 8.23. The van der Waals surface area contributed by atoms with Gasteiger partial charge in [-0.15, -0.1) is 0 Å². The van der Waals surface area contributed by atoms with Crippen molar-refractivity contribution in [1.29, 1.82) is 0 Å². The summed E-state index contributed by atoms with van der Waals surface area (Å²) in [5.41, 5.74) is 6.02. The zero-order valence-electron chi connectivity index (χ0n) is 12.5. The highest BCUT2D eigenvalue weighted by Crippen LogP contribution is 2.22. The molecule has 110 valence electrons. The third-order valence-corrected chi connectivity index (χ3v) is 6.18. The number of nitrogens with two attached hydrogens (primary N) is 1. The van der Waals surface area contributed by atoms with Gasteiger partial charge in [0.2, 0.25) is 0 Å². The van der Waals surface area contributed by atoms with Crippen molar-refractivity contribution in [2.24, 2.45) is 5.73 Å². The molecule has 18 heavy (non-hydrogen) atoms. The van der Waals surface area contributed by atoms with Crippen LogP contribution in [0.1, 0.15) is 72.1 Å². The summed E-state index contributed by atoms with van der Waals surface area (Å²) in [5.74, 6) is 0. The Morgan fingerprint density at radius 3 is 1.89 bits per heavy atom. The quantitative estimate of drug-likeness (QED) is 0.623. The molecule has 0 heterocycles. The van der Waals surface area contributed by atoms with Crippen LogP contribution in [-0.2, 0) is 9.84 Å². The second-order valence-electron chi connectivity index (χ2n) is 5.89. The molecule has 0 radical (unpaired) electrons. The minimum atomic E-state index is -3.08. The number of hydrogen-bond acceptors (Lipinski definition) is 3. The maximum Gasteiger partial charge on any atom is 0.154 e. The first kappa shape index (κ1) is 17.9. The molecule has 0 aliphatic heterocycles. The lowest BCUT2D eigenvalue weighted by Gasteiger charge is -2.29. The van der Waals surface area contributed by atoms with E-state index in [4.69, 9.17) is 5.73 Å². The molecule has 0 saturated heterocycles. The average molecular weight is 277 g/mol. The first-order valence-electron chi connectivity index (χ1n) is 7.18. The van der Waals surface area contributed by atoms with Crippen molar-refractivity contribution >= 4 is 9.84 Å². The van der Waals surface area contributed by atoms with Crippen LogP contribution < -0.4 is 5.73 Å². The molecule has 0 spiro atoms. The lowest BCUT2D eigenvalue weighted by atomic mass is 9.97. The van der Waals surface area contributed by atoms with Crippen molar-refractivity contribution in [2.75, 3.05) is 6.26 Å². The Hall–Kier alpha value is -0.0900. The third kappa shape index (κ3) is 6.19. The highest BCUT2D eigenvalue weighted by molar-refractivity contribution is 7.92. The van der Waals surface area contributed by atoms with E-state index in [1.54, 1.807) is 13.8 Å². The highest BCUT2D eigenvalue weighted by Gasteiger charge is 2.36. The van der Waals surface area contributed by atoms with Crippen molar-refractivity contribution in [2.45, 2.75) is 82.9 Å². The van der Waals surface area contributed by atoms with Crippen LogP contribution in [0.15, 0.2) is 0 Å². The largest absolute Gasteiger partial charge is 0.326 e. The van der Waals surface area contributed by atoms with Crippen LogP contribution >= 0.6 is 0 Å². The first-order valence-corrected chi connectivity index (χ1v) is 9.07. The van der Waals surface area contributed by atoms with E-state index in [9.17, 15) is 8.42 Å². The average Bonchev–Trinajstić information content (AvgIpc) is 2.26. The number of sulfone groups is 1. The Balaban J connectivity index is 3.81. The molecule has 0 bridgehead atoms. The van der Waals surface area contributed by atoms with Crippen LogP contribution in [-0.4, -0.2) is 25.5 Å². The maximum absolute atomic E-state index is 11.6. The highest BCUT2D eigenvalue weighted by atomic mass is 32.2. The molecule has 0 rings (SSSR count). The number of rotatable bonds is 10. The van der Waals surface area contributed by atoms with Crippen LogP contribution in [0.2, 0.25) is 0 Å². The summed E-state index contributed by atoms with van der Waals surface area (Å²) in [7, 11) is -3.08. The molecule has 0 aliphatic rings. The Morgan fingerprint density at radius 1 is 1.00 bits per heavy atom. The molecule has 0 saturated carbocycles. The van der Waals surface area contributed by atoms with Crippen LogP contribution in [0.25, 0.3) is 0 Å². The molecule has 0 aromatic carbocycles. The fourth-order valence-electron chi connectivity index (χ4n) is 1.94. The van der Waals surface area contributed by atoms with Gasteiger partial charge in [0, 0.05) is 12.3 Å². The van der Waals surface area contributed by atoms with Crippen molar-refractivity contribution in [3.63, 3.8) is 0 Å². The van der Waals surface area contributed by atoms with Crippen LogP contribution in [0, 0.1) is 0 Å². The summed E-state index contributed by atoms with van der Waals surface area (Å²) in [6.07, 6.45) is 10.7. The zero-order chi connectivity index (χ0) is 14.2. The number of hydrogen-bond donors (Lipinski definition) is 1. The predicted octanol–water partition coefficient (Wildman–Crippen LogP) is 3.28. The fraction of sp³-hybridized carbons (Fsp3) is 1.00. The standard InChI is InChI=1S/C14H31NO2S/c1-5-6-7-8-9-10-11-12-13(15)14(2,3)18(4,16)17/h13H,5-12,15H2,1-4H3. The van der Waals surface area contributed by atoms with E-state index in [2.05, 4.69) is 6.92 Å². The fourth-order valence-corrected chi connectivity index (χ4v) is 2.61. The molecule has 0 aromatic rings. The van der Waals surface area contributed by atoms with Crippen molar-refractivity contribution in [3.8, 4) is 0 Å². The molecular weight excluding hydrogens is 246 g/mol. The second-order valence-corrected chi connectivity index (χ2v) is 8.49. The lowest BCUT2D eigenvalue weighted by molar-refractivity contribution is 0.442. The van der Waals surface area contributed by atoms with Gasteiger partial charge in [-0.1, -0.05) is 51.9 Å². The van der Waals surface area contributed by atoms with Gasteiger partial charge in [0.25, 0.3) is 0 Å². The molecule has 0 amide bonds. The lowest BCUT2D eigenvalue weighted by Crippen LogP contribution is -2.48. The number of unbranched alkanes of at least 4 members (excludes halogenated alkanes) is 6. The zero-order valence-corrected chi connectivity index (χ0v) is 13.4. The topological polar surface area (TPSA) is 60.2 Å². The van der Waals surface area contributed by atoms with Crippen molar-refractivity contribution in [1.82, 2.24) is 0 Å². The normalized spacial score (nSPS) is 14.7. The van der Waals surface area contributed by atoms with E-state index in [1.165, 1.54) is 38.4 Å². The van der Waals surface area contributed by atoms with Gasteiger partial charge >= 0.3 is 0 Å². The molecule has 4 heteroatoms. The van der Waals surface area contributed by atoms with Gasteiger partial charge in [-0.3, -0.25) is 0 Å². The summed E-state index contributed by atoms with van der Waals surface area (Å²) in [4.78, 5) is 0. The van der Waals surface area contributed by atoms with E-state index in [-0.39, 0.29) is 6.04 Å². The smallest absolute Gasteiger partial charge is 0.154 e. The predicted molar refractivity (Wildman–Crippen MR) is 79.5 cm³/mol. The van der Waals surface area contributed by atoms with E-state index in [0.29, 0.717) is 0 Å². The Labute approximate surface area is 113 Å². The molecule has 1 atom stereocenters. The molecular formula is C14H31NO2S. The maximum atomic E-state index is 11.6. The van der Waals surface area contributed by atoms with E-state index in [1.807, 2.05) is 0 Å². The van der Waals surface area contributed by atoms with E-state index in [0.717, 1.165) is 19.3 Å². The molecule has 0 fully saturated rings. The molecule has 0 aliphatic carbocycles. The summed E-state index contributed by atoms with van der Waals surface area (Å²) < 4.78 is 22.4. The van der Waals surface area contributed by atoms with Crippen LogP contribution in [0.3, 0.4) is 0 Å². The second kappa shape index (κ2) is 8.16. The summed E-state index contributed by atoms with van der Waals surface area (Å²) >= 11 is 0. The monoisotopic (exact) mass is 277 g/mol. The van der Waals surface area contributed by atoms with Gasteiger partial charge in [-0.2, -0.15) is 0 Å². The summed E-state index contributed by atoms with van der Waals surface area (Å²) in [6, 6.07) is -0.261. The van der Waals surface area contributed by atoms with Gasteiger partial charge in [0.05, 0.1) is 4.75 Å². The molecule has 1 unspecified atom stereocenters. The van der Waals surface area contributed by atoms with Crippen molar-refractivity contribution < 1.29 is 8.42 Å². The molecule has 2 N–H and O–H groups in total. The SMILES string of the molecule is CCCCCCCCCC(N)C(C)(C)S(C)(=O)=O. The third-order valence-electron chi connectivity index (χ3n) is 3.97. The van der Waals surface area contributed by atoms with Gasteiger partial charge in [0.1, 0.15) is 0 Å². The molecule has 3 nitrogen and oxygen atoms in total. The van der Waals surface area contributed by atoms with E-state index >= 15 is 0 Å². The minimum Gasteiger partial charge on any atom is -0.326 e. The van der Waals surface area contributed by atoms with Crippen molar-refractivity contribution in [3.05, 3.63) is 0 Å². The minimum absolute atomic E-state index is 0.261. The van der Waals surface area contributed by atoms with Gasteiger partial charge in [0.15, 0.2) is 9.84 Å². The Morgan fingerprint density at radius 2 is 1.44 bits per heavy atom. The van der Waals surface area contributed by atoms with Gasteiger partial charge in [-0.25, -0.2) is 8.42 Å². The van der Waals surface area contributed by atoms with Crippen LogP contribution in [0.4, 0.5) is 0 Å².